The first-order valence-corrected chi connectivity index (χ1v) is 13.0. The molecule has 2 aliphatic carbocycles. The third kappa shape index (κ3) is 4.96. The fourth-order valence-corrected chi connectivity index (χ4v) is 5.70. The second-order valence-corrected chi connectivity index (χ2v) is 12.5. The van der Waals surface area contributed by atoms with Gasteiger partial charge in [0.15, 0.2) is 0 Å². The Morgan fingerprint density at radius 2 is 1.33 bits per heavy atom. The largest absolute Gasteiger partial charge is 0.337 e. The average molecular weight is 390 g/mol. The van der Waals surface area contributed by atoms with E-state index in [-0.39, 0.29) is 11.1 Å². The monoisotopic (exact) mass is 389 g/mol. The minimum atomic E-state index is -3.10. The zero-order chi connectivity index (χ0) is 17.7. The highest BCUT2D eigenvalue weighted by molar-refractivity contribution is 8.59. The molecule has 2 fully saturated rings. The lowest BCUT2D eigenvalue weighted by atomic mass is 9.72. The van der Waals surface area contributed by atoms with E-state index in [9.17, 15) is 4.89 Å². The van der Waals surface area contributed by atoms with E-state index in [1.807, 2.05) is 12.2 Å². The summed E-state index contributed by atoms with van der Waals surface area (Å²) in [6, 6.07) is 0. The second kappa shape index (κ2) is 8.83. The van der Waals surface area contributed by atoms with Crippen LogP contribution in [0, 0.1) is 0 Å². The van der Waals surface area contributed by atoms with Crippen LogP contribution in [0.2, 0.25) is 0 Å². The van der Waals surface area contributed by atoms with Crippen LogP contribution in [0.25, 0.3) is 0 Å². The number of thiol groups is 1. The maximum Gasteiger partial charge on any atom is 0.258 e. The number of hydroxylamine groups is 2. The molecule has 3 nitrogen and oxygen atoms in total. The molecule has 0 bridgehead atoms. The Bertz CT molecular complexity index is 447. The summed E-state index contributed by atoms with van der Waals surface area (Å²) in [5, 5.41) is 2.12. The third-order valence-corrected chi connectivity index (χ3v) is 6.46. The van der Waals surface area contributed by atoms with Crippen LogP contribution in [0.3, 0.4) is 0 Å². The quantitative estimate of drug-likeness (QED) is 0.233. The van der Waals surface area contributed by atoms with Crippen LogP contribution in [0.4, 0.5) is 0 Å². The van der Waals surface area contributed by atoms with Gasteiger partial charge in [-0.25, -0.2) is 4.62 Å². The van der Waals surface area contributed by atoms with Crippen molar-refractivity contribution in [2.24, 2.45) is 0 Å². The summed E-state index contributed by atoms with van der Waals surface area (Å²) in [6.07, 6.45) is 17.2. The molecule has 0 radical (unpaired) electrons. The van der Waals surface area contributed by atoms with E-state index in [1.165, 1.54) is 38.5 Å². The molecule has 0 spiro atoms. The van der Waals surface area contributed by atoms with Gasteiger partial charge in [-0.3, -0.25) is 0 Å². The molecule has 2 saturated carbocycles. The normalized spacial score (nSPS) is 25.8. The standard InChI is InChI=1S/C18H32NO2PS2/c1-3-11-17(13-7-5-8-14-17)19(21-22(20,23)24)18(12-4-2)15-9-6-10-16-18/h3-4H,1-2,5-16H2,(H2,20,23,24). The van der Waals surface area contributed by atoms with Crippen molar-refractivity contribution in [2.45, 2.75) is 88.1 Å². The Morgan fingerprint density at radius 3 is 1.62 bits per heavy atom. The predicted octanol–water partition coefficient (Wildman–Crippen LogP) is 5.92. The molecule has 2 rings (SSSR count). The SMILES string of the molecule is C=CCC1(N(OP(O)(=S)S)C2(CC=C)CCCCC2)CCCCC1. The first kappa shape index (κ1) is 20.7. The smallest absolute Gasteiger partial charge is 0.258 e. The maximum absolute atomic E-state index is 10.3. The van der Waals surface area contributed by atoms with E-state index < -0.39 is 5.69 Å². The van der Waals surface area contributed by atoms with Crippen LogP contribution in [0.15, 0.2) is 25.3 Å². The van der Waals surface area contributed by atoms with E-state index in [1.54, 1.807) is 0 Å². The first-order chi connectivity index (χ1) is 11.4. The van der Waals surface area contributed by atoms with Gasteiger partial charge in [0.2, 0.25) is 0 Å². The van der Waals surface area contributed by atoms with E-state index in [4.69, 9.17) is 16.4 Å². The fourth-order valence-electron chi connectivity index (χ4n) is 4.72. The Kier molecular flexibility index (Phi) is 7.61. The summed E-state index contributed by atoms with van der Waals surface area (Å²) in [4.78, 5) is 10.3. The highest BCUT2D eigenvalue weighted by atomic mass is 32.9. The molecule has 0 aromatic carbocycles. The summed E-state index contributed by atoms with van der Waals surface area (Å²) >= 11 is 9.39. The van der Waals surface area contributed by atoms with Crippen molar-refractivity contribution in [3.8, 4) is 0 Å². The van der Waals surface area contributed by atoms with Crippen LogP contribution in [0.5, 0.6) is 0 Å². The zero-order valence-corrected chi connectivity index (χ0v) is 17.3. The molecule has 0 saturated heterocycles. The molecule has 1 unspecified atom stereocenters. The molecule has 2 aliphatic rings. The van der Waals surface area contributed by atoms with E-state index >= 15 is 0 Å². The van der Waals surface area contributed by atoms with Gasteiger partial charge in [-0.2, -0.15) is 5.06 Å². The van der Waals surface area contributed by atoms with E-state index in [0.29, 0.717) is 0 Å². The number of rotatable bonds is 8. The molecule has 1 atom stereocenters. The van der Waals surface area contributed by atoms with Crippen LogP contribution in [-0.4, -0.2) is 21.0 Å². The minimum Gasteiger partial charge on any atom is -0.337 e. The van der Waals surface area contributed by atoms with Crippen molar-refractivity contribution in [3.63, 3.8) is 0 Å². The molecule has 6 heteroatoms. The average Bonchev–Trinajstić information content (AvgIpc) is 2.54. The Hall–Kier alpha value is 0.360. The summed E-state index contributed by atoms with van der Waals surface area (Å²) in [7, 11) is 0. The van der Waals surface area contributed by atoms with Gasteiger partial charge >= 0.3 is 0 Å². The lowest BCUT2D eigenvalue weighted by Crippen LogP contribution is -2.61. The van der Waals surface area contributed by atoms with Gasteiger partial charge in [0, 0.05) is 0 Å². The van der Waals surface area contributed by atoms with E-state index in [0.717, 1.165) is 38.5 Å². The second-order valence-electron chi connectivity index (χ2n) is 7.42. The molecular formula is C18H32NO2PS2. The van der Waals surface area contributed by atoms with Crippen molar-refractivity contribution in [2.75, 3.05) is 0 Å². The van der Waals surface area contributed by atoms with Crippen LogP contribution < -0.4 is 0 Å². The van der Waals surface area contributed by atoms with Gasteiger partial charge in [-0.1, -0.05) is 62.9 Å². The van der Waals surface area contributed by atoms with E-state index in [2.05, 4.69) is 30.5 Å². The molecule has 0 aliphatic heterocycles. The fraction of sp³-hybridized carbons (Fsp3) is 0.778. The predicted molar refractivity (Wildman–Crippen MR) is 110 cm³/mol. The van der Waals surface area contributed by atoms with Crippen molar-refractivity contribution < 1.29 is 9.52 Å². The van der Waals surface area contributed by atoms with Crippen molar-refractivity contribution in [1.82, 2.24) is 5.06 Å². The molecule has 138 valence electrons. The third-order valence-electron chi connectivity index (χ3n) is 5.67. The van der Waals surface area contributed by atoms with Crippen LogP contribution >= 0.6 is 17.9 Å². The van der Waals surface area contributed by atoms with Crippen molar-refractivity contribution in [1.29, 1.82) is 0 Å². The van der Waals surface area contributed by atoms with Gasteiger partial charge in [-0.15, -0.1) is 13.2 Å². The Balaban J connectivity index is 2.45. The van der Waals surface area contributed by atoms with Crippen molar-refractivity contribution >= 4 is 29.7 Å². The number of hydrogen-bond donors (Lipinski definition) is 2. The molecule has 0 aromatic heterocycles. The van der Waals surface area contributed by atoms with Gasteiger partial charge in [0.1, 0.15) is 0 Å². The molecule has 0 heterocycles. The summed E-state index contributed by atoms with van der Waals surface area (Å²) in [5.74, 6) is 0. The lowest BCUT2D eigenvalue weighted by molar-refractivity contribution is -0.231. The Morgan fingerprint density at radius 1 is 0.958 bits per heavy atom. The van der Waals surface area contributed by atoms with Crippen LogP contribution in [0.1, 0.15) is 77.0 Å². The minimum absolute atomic E-state index is 0.129. The summed E-state index contributed by atoms with van der Waals surface area (Å²) < 4.78 is 6.11. The molecule has 1 N–H and O–H groups in total. The van der Waals surface area contributed by atoms with Gasteiger partial charge in [0.25, 0.3) is 5.69 Å². The summed E-state index contributed by atoms with van der Waals surface area (Å²) in [6.45, 7) is 7.98. The van der Waals surface area contributed by atoms with Gasteiger partial charge in [0.05, 0.1) is 11.1 Å². The molecule has 24 heavy (non-hydrogen) atoms. The lowest BCUT2D eigenvalue weighted by Gasteiger charge is -2.55. The Labute approximate surface area is 157 Å². The van der Waals surface area contributed by atoms with Crippen molar-refractivity contribution in [3.05, 3.63) is 25.3 Å². The van der Waals surface area contributed by atoms with Gasteiger partial charge < -0.3 is 4.89 Å². The number of nitrogens with zero attached hydrogens (tertiary/aromatic N) is 1. The molecule has 0 aromatic rings. The summed E-state index contributed by atoms with van der Waals surface area (Å²) in [5.41, 5.74) is -3.36. The first-order valence-electron chi connectivity index (χ1n) is 9.15. The van der Waals surface area contributed by atoms with Gasteiger partial charge in [-0.05, 0) is 50.3 Å². The zero-order valence-electron chi connectivity index (χ0n) is 14.7. The topological polar surface area (TPSA) is 32.7 Å². The highest BCUT2D eigenvalue weighted by Crippen LogP contribution is 2.56. The maximum atomic E-state index is 10.3. The highest BCUT2D eigenvalue weighted by Gasteiger charge is 2.50. The molecule has 0 amide bonds. The number of hydrogen-bond acceptors (Lipinski definition) is 3. The molecular weight excluding hydrogens is 357 g/mol. The van der Waals surface area contributed by atoms with Crippen LogP contribution in [-0.2, 0) is 16.4 Å².